The van der Waals surface area contributed by atoms with Crippen molar-refractivity contribution in [2.75, 3.05) is 4.90 Å². The summed E-state index contributed by atoms with van der Waals surface area (Å²) in [7, 11) is 0. The lowest BCUT2D eigenvalue weighted by atomic mass is 10.0. The molecule has 0 unspecified atom stereocenters. The minimum atomic E-state index is 0.318. The molecule has 2 N–H and O–H groups in total. The Kier molecular flexibility index (Phi) is 6.98. The standard InChI is InChI=1S/C46H29N3O2S/c47-45(30-10-2-1-3-11-30)52-46(48)31-14-18-32(19-15-31)49(33-20-24-37-39-22-16-28-8-4-6-12-35(28)43(39)50-41(37)26-33)34-21-25-38-40-23-17-29-9-5-7-13-36(29)44(40)51-42(38)27-34/h1-27,47-48H. The summed E-state index contributed by atoms with van der Waals surface area (Å²) in [5.74, 6) is 0. The second-order valence-corrected chi connectivity index (χ2v) is 13.9. The highest BCUT2D eigenvalue weighted by atomic mass is 32.2. The van der Waals surface area contributed by atoms with Crippen molar-refractivity contribution in [2.45, 2.75) is 0 Å². The highest BCUT2D eigenvalue weighted by Gasteiger charge is 2.19. The smallest absolute Gasteiger partial charge is 0.143 e. The largest absolute Gasteiger partial charge is 0.455 e. The lowest BCUT2D eigenvalue weighted by Crippen LogP contribution is -2.10. The third-order valence-electron chi connectivity index (χ3n) is 9.84. The van der Waals surface area contributed by atoms with E-state index in [1.807, 2.05) is 78.9 Å². The first kappa shape index (κ1) is 30.2. The molecule has 2 heterocycles. The highest BCUT2D eigenvalue weighted by molar-refractivity contribution is 8.27. The van der Waals surface area contributed by atoms with E-state index in [1.165, 1.54) is 0 Å². The normalized spacial score (nSPS) is 11.7. The number of furan rings is 2. The topological polar surface area (TPSA) is 77.2 Å². The van der Waals surface area contributed by atoms with E-state index in [0.29, 0.717) is 10.1 Å². The van der Waals surface area contributed by atoms with Crippen molar-refractivity contribution >= 4 is 104 Å². The summed E-state index contributed by atoms with van der Waals surface area (Å²) in [4.78, 5) is 2.20. The maximum atomic E-state index is 8.80. The Bertz CT molecular complexity index is 2880. The molecule has 0 aliphatic rings. The van der Waals surface area contributed by atoms with E-state index in [1.54, 1.807) is 0 Å². The molecule has 246 valence electrons. The number of rotatable bonds is 5. The molecule has 0 saturated carbocycles. The Labute approximate surface area is 302 Å². The molecule has 0 atom stereocenters. The zero-order valence-electron chi connectivity index (χ0n) is 27.8. The zero-order valence-corrected chi connectivity index (χ0v) is 28.6. The number of benzene rings is 8. The minimum absolute atomic E-state index is 0.318. The summed E-state index contributed by atoms with van der Waals surface area (Å²) in [5.41, 5.74) is 7.69. The van der Waals surface area contributed by atoms with Crippen LogP contribution < -0.4 is 4.90 Å². The molecule has 10 aromatic rings. The molecule has 0 spiro atoms. The van der Waals surface area contributed by atoms with Gasteiger partial charge in [0.25, 0.3) is 0 Å². The van der Waals surface area contributed by atoms with Crippen LogP contribution in [0.3, 0.4) is 0 Å². The molecule has 52 heavy (non-hydrogen) atoms. The second kappa shape index (κ2) is 12.0. The molecular weight excluding hydrogens is 659 g/mol. The molecule has 0 fully saturated rings. The van der Waals surface area contributed by atoms with E-state index in [4.69, 9.17) is 19.7 Å². The van der Waals surface area contributed by atoms with Crippen molar-refractivity contribution in [2.24, 2.45) is 0 Å². The van der Waals surface area contributed by atoms with Gasteiger partial charge in [-0.05, 0) is 59.3 Å². The molecule has 0 aliphatic carbocycles. The first-order chi connectivity index (χ1) is 25.6. The molecule has 10 rings (SSSR count). The van der Waals surface area contributed by atoms with Crippen LogP contribution in [0.25, 0.3) is 65.4 Å². The van der Waals surface area contributed by atoms with Gasteiger partial charge >= 0.3 is 0 Å². The predicted octanol–water partition coefficient (Wildman–Crippen LogP) is 13.3. The van der Waals surface area contributed by atoms with Crippen LogP contribution in [-0.2, 0) is 0 Å². The third-order valence-corrected chi connectivity index (χ3v) is 10.7. The summed E-state index contributed by atoms with van der Waals surface area (Å²) in [5, 5.41) is 26.8. The fourth-order valence-corrected chi connectivity index (χ4v) is 7.99. The van der Waals surface area contributed by atoms with Crippen LogP contribution in [0.2, 0.25) is 0 Å². The van der Waals surface area contributed by atoms with Gasteiger partial charge in [-0.2, -0.15) is 0 Å². The van der Waals surface area contributed by atoms with Crippen LogP contribution in [0, 0.1) is 10.8 Å². The van der Waals surface area contributed by atoms with Gasteiger partial charge in [-0.15, -0.1) is 0 Å². The average molecular weight is 688 g/mol. The molecular formula is C46H29N3O2S. The van der Waals surface area contributed by atoms with Crippen molar-refractivity contribution in [3.8, 4) is 0 Å². The van der Waals surface area contributed by atoms with Gasteiger partial charge in [0.2, 0.25) is 0 Å². The predicted molar refractivity (Wildman–Crippen MR) is 218 cm³/mol. The molecule has 5 nitrogen and oxygen atoms in total. The van der Waals surface area contributed by atoms with Gasteiger partial charge in [0, 0.05) is 72.6 Å². The quantitative estimate of drug-likeness (QED) is 0.139. The summed E-state index contributed by atoms with van der Waals surface area (Å²) in [6.45, 7) is 0. The van der Waals surface area contributed by atoms with E-state index >= 15 is 0 Å². The fourth-order valence-electron chi connectivity index (χ4n) is 7.28. The molecule has 6 heteroatoms. The monoisotopic (exact) mass is 687 g/mol. The molecule has 2 aromatic heterocycles. The van der Waals surface area contributed by atoms with Crippen molar-refractivity contribution < 1.29 is 8.83 Å². The molecule has 0 bridgehead atoms. The first-order valence-electron chi connectivity index (χ1n) is 17.1. The van der Waals surface area contributed by atoms with Gasteiger partial charge in [0.15, 0.2) is 0 Å². The lowest BCUT2D eigenvalue weighted by Gasteiger charge is -2.25. The summed E-state index contributed by atoms with van der Waals surface area (Å²) < 4.78 is 13.2. The van der Waals surface area contributed by atoms with Gasteiger partial charge in [0.05, 0.1) is 0 Å². The molecule has 0 aliphatic heterocycles. The van der Waals surface area contributed by atoms with E-state index < -0.39 is 0 Å². The number of nitrogens with one attached hydrogen (secondary N) is 2. The highest BCUT2D eigenvalue weighted by Crippen LogP contribution is 2.42. The number of hydrogen-bond acceptors (Lipinski definition) is 6. The van der Waals surface area contributed by atoms with Gasteiger partial charge in [-0.25, -0.2) is 0 Å². The summed E-state index contributed by atoms with van der Waals surface area (Å²) >= 11 is 1.15. The average Bonchev–Trinajstić information content (AvgIpc) is 3.77. The Hall–Kier alpha value is -6.63. The Balaban J connectivity index is 1.10. The number of fused-ring (bicyclic) bond motifs is 10. The fraction of sp³-hybridized carbons (Fsp3) is 0. The molecule has 8 aromatic carbocycles. The van der Waals surface area contributed by atoms with E-state index in [-0.39, 0.29) is 0 Å². The van der Waals surface area contributed by atoms with Crippen LogP contribution >= 0.6 is 11.8 Å². The van der Waals surface area contributed by atoms with Crippen LogP contribution in [-0.4, -0.2) is 10.1 Å². The Morgan fingerprint density at radius 2 is 0.846 bits per heavy atom. The van der Waals surface area contributed by atoms with Crippen LogP contribution in [0.15, 0.2) is 173 Å². The maximum Gasteiger partial charge on any atom is 0.143 e. The van der Waals surface area contributed by atoms with Crippen LogP contribution in [0.4, 0.5) is 17.1 Å². The molecule has 0 radical (unpaired) electrons. The third kappa shape index (κ3) is 4.95. The summed E-state index contributed by atoms with van der Waals surface area (Å²) in [6, 6.07) is 55.5. The first-order valence-corrected chi connectivity index (χ1v) is 17.9. The molecule has 0 saturated heterocycles. The number of nitrogens with zero attached hydrogens (tertiary/aromatic N) is 1. The SMILES string of the molecule is N=C(SC(=N)c1ccc(N(c2ccc3c(c2)oc2c4ccccc4ccc32)c2ccc3c(c2)oc2c4ccccc4ccc32)cc1)c1ccccc1. The minimum Gasteiger partial charge on any atom is -0.455 e. The Morgan fingerprint density at radius 3 is 1.38 bits per heavy atom. The van der Waals surface area contributed by atoms with Gasteiger partial charge in [-0.3, -0.25) is 10.8 Å². The van der Waals surface area contributed by atoms with Gasteiger partial charge < -0.3 is 13.7 Å². The van der Waals surface area contributed by atoms with Crippen molar-refractivity contribution in [3.63, 3.8) is 0 Å². The van der Waals surface area contributed by atoms with Gasteiger partial charge in [0.1, 0.15) is 32.4 Å². The van der Waals surface area contributed by atoms with Gasteiger partial charge in [-0.1, -0.05) is 115 Å². The second-order valence-electron chi connectivity index (χ2n) is 12.9. The molecule has 0 amide bonds. The number of hydrogen-bond donors (Lipinski definition) is 2. The number of anilines is 3. The van der Waals surface area contributed by atoms with Crippen LogP contribution in [0.1, 0.15) is 11.1 Å². The van der Waals surface area contributed by atoms with E-state index in [0.717, 1.165) is 105 Å². The van der Waals surface area contributed by atoms with Crippen LogP contribution in [0.5, 0.6) is 0 Å². The van der Waals surface area contributed by atoms with Crippen molar-refractivity contribution in [1.29, 1.82) is 10.8 Å². The maximum absolute atomic E-state index is 8.80. The van der Waals surface area contributed by atoms with E-state index in [9.17, 15) is 0 Å². The number of thioether (sulfide) groups is 1. The summed E-state index contributed by atoms with van der Waals surface area (Å²) in [6.07, 6.45) is 0. The Morgan fingerprint density at radius 1 is 0.404 bits per heavy atom. The lowest BCUT2D eigenvalue weighted by molar-refractivity contribution is 0.672. The van der Waals surface area contributed by atoms with E-state index in [2.05, 4.69) is 89.8 Å². The van der Waals surface area contributed by atoms with Crippen molar-refractivity contribution in [1.82, 2.24) is 0 Å². The zero-order chi connectivity index (χ0) is 34.8. The van der Waals surface area contributed by atoms with Crippen molar-refractivity contribution in [3.05, 3.63) is 175 Å².